The standard InChI is InChI=1S/C48H74N2.2C4H9O.Ni/c1-4-7-10-11-12-13-14-15-16-17-18-19-20-21-22-23-24-25-26-27-28-29-36-45-37-30-31-39-47(45)48(41-44(42-50-49)34-9-6-3)46-38-32-35-43(40-46)33-8-5-2;2*1-2-3-4-5;/h27-28,30-32,35,37-41H,4-26,29,33-34,36H2,1-3H3;2*2-4H2,1H3;/q;2*-1;+2. The monoisotopic (exact) mass is 883 g/mol. The van der Waals surface area contributed by atoms with E-state index in [0.29, 0.717) is 0 Å². The first kappa shape index (κ1) is 56.5. The number of nitrogens with zero attached hydrogens (tertiary/aromatic N) is 2. The van der Waals surface area contributed by atoms with Gasteiger partial charge in [0.15, 0.2) is 0 Å². The van der Waals surface area contributed by atoms with Crippen LogP contribution in [0.3, 0.4) is 0 Å². The van der Waals surface area contributed by atoms with Crippen LogP contribution in [0.25, 0.3) is 11.1 Å². The van der Waals surface area contributed by atoms with E-state index >= 15 is 0 Å². The maximum absolute atomic E-state index is 9.38. The molecule has 0 bridgehead atoms. The molecule has 0 fully saturated rings. The summed E-state index contributed by atoms with van der Waals surface area (Å²) < 4.78 is 10.3. The third-order valence-corrected chi connectivity index (χ3v) is 12.0. The predicted molar refractivity (Wildman–Crippen MR) is 263 cm³/mol. The van der Waals surface area contributed by atoms with Gasteiger partial charge in [-0.15, -0.1) is 4.79 Å². The predicted octanol–water partition coefficient (Wildman–Crippen LogP) is 17.9. The molecule has 5 heteroatoms. The van der Waals surface area contributed by atoms with Gasteiger partial charge < -0.3 is 5.53 Å². The molecule has 0 aliphatic rings. The molecule has 0 N–H and O–H groups in total. The molecule has 2 aromatic rings. The fraction of sp³-hybridized carbons (Fsp3) is 0.679. The van der Waals surface area contributed by atoms with Gasteiger partial charge in [-0.05, 0) is 85.3 Å². The molecule has 0 aromatic heterocycles. The van der Waals surface area contributed by atoms with Gasteiger partial charge in [0.05, 0.1) is 5.57 Å². The van der Waals surface area contributed by atoms with Gasteiger partial charge in [-0.2, -0.15) is 0 Å². The van der Waals surface area contributed by atoms with Crippen LogP contribution in [-0.2, 0) is 35.7 Å². The topological polar surface area (TPSA) is 54.9 Å². The van der Waals surface area contributed by atoms with Gasteiger partial charge >= 0.3 is 81.5 Å². The third kappa shape index (κ3) is 32.8. The summed E-state index contributed by atoms with van der Waals surface area (Å²) in [5.41, 5.74) is 16.8. The summed E-state index contributed by atoms with van der Waals surface area (Å²) in [4.78, 5) is 3.31. The van der Waals surface area contributed by atoms with Gasteiger partial charge in [-0.1, -0.05) is 203 Å². The zero-order valence-corrected chi connectivity index (χ0v) is 41.2. The van der Waals surface area contributed by atoms with Gasteiger partial charge in [-0.3, -0.25) is 0 Å². The first-order valence-electron chi connectivity index (χ1n) is 25.5. The summed E-state index contributed by atoms with van der Waals surface area (Å²) in [5, 5.41) is 0. The summed E-state index contributed by atoms with van der Waals surface area (Å²) in [6.45, 7) is 12.7. The Balaban J connectivity index is 0.00000148. The minimum atomic E-state index is 0.808. The van der Waals surface area contributed by atoms with Crippen molar-refractivity contribution in [1.82, 2.24) is 0 Å². The van der Waals surface area contributed by atoms with E-state index in [1.807, 2.05) is 0 Å². The van der Waals surface area contributed by atoms with Gasteiger partial charge in [0, 0.05) is 0 Å². The van der Waals surface area contributed by atoms with Crippen molar-refractivity contribution in [1.29, 1.82) is 0 Å². The summed E-state index contributed by atoms with van der Waals surface area (Å²) >= 11 is 0.968. The third-order valence-electron chi connectivity index (χ3n) is 11.3. The number of aryl methyl sites for hydroxylation is 2. The Kier molecular flexibility index (Phi) is 40.9. The number of hydrogen-bond donors (Lipinski definition) is 0. The molecule has 2 rings (SSSR count). The second-order valence-corrected chi connectivity index (χ2v) is 17.8. The van der Waals surface area contributed by atoms with Gasteiger partial charge in [0.1, 0.15) is 0 Å². The van der Waals surface area contributed by atoms with Crippen LogP contribution in [0.5, 0.6) is 0 Å². The molecule has 0 spiro atoms. The normalized spacial score (nSPS) is 11.5. The van der Waals surface area contributed by atoms with Crippen LogP contribution in [-0.4, -0.2) is 23.9 Å². The van der Waals surface area contributed by atoms with Crippen LogP contribution < -0.4 is 0 Å². The molecule has 2 aromatic carbocycles. The number of benzene rings is 2. The van der Waals surface area contributed by atoms with Crippen molar-refractivity contribution in [2.75, 3.05) is 13.2 Å². The molecule has 0 unspecified atom stereocenters. The Bertz CT molecular complexity index is 1430. The molecular weight excluding hydrogens is 791 g/mol. The number of rotatable bonds is 39. The Morgan fingerprint density at radius 3 is 1.64 bits per heavy atom. The van der Waals surface area contributed by atoms with Gasteiger partial charge in [0.2, 0.25) is 0 Å². The zero-order valence-electron chi connectivity index (χ0n) is 40.2. The molecule has 0 amide bonds. The van der Waals surface area contributed by atoms with E-state index in [2.05, 4.69) is 112 Å². The molecule has 0 aliphatic carbocycles. The molecule has 0 heterocycles. The number of hydrogen-bond acceptors (Lipinski definition) is 2. The number of unbranched alkanes of at least 4 members (excludes halogenated alkanes) is 22. The van der Waals surface area contributed by atoms with Crippen molar-refractivity contribution < 1.29 is 27.6 Å². The van der Waals surface area contributed by atoms with Crippen LogP contribution in [0.15, 0.2) is 72.3 Å². The van der Waals surface area contributed by atoms with Gasteiger partial charge in [0.25, 0.3) is 0 Å². The first-order chi connectivity index (χ1) is 30.1. The van der Waals surface area contributed by atoms with Crippen LogP contribution in [0.4, 0.5) is 0 Å². The van der Waals surface area contributed by atoms with Crippen molar-refractivity contribution in [3.63, 3.8) is 0 Å². The van der Waals surface area contributed by atoms with Crippen LogP contribution >= 0.6 is 0 Å². The maximum atomic E-state index is 9.38. The van der Waals surface area contributed by atoms with E-state index in [0.717, 1.165) is 85.2 Å². The van der Waals surface area contributed by atoms with E-state index in [1.54, 1.807) is 0 Å². The Morgan fingerprint density at radius 2 is 1.08 bits per heavy atom. The van der Waals surface area contributed by atoms with E-state index < -0.39 is 0 Å². The molecule has 0 saturated heterocycles. The Labute approximate surface area is 384 Å². The summed E-state index contributed by atoms with van der Waals surface area (Å²) in [5.74, 6) is 2.88. The van der Waals surface area contributed by atoms with Crippen LogP contribution in [0.2, 0.25) is 0 Å². The van der Waals surface area contributed by atoms with E-state index in [4.69, 9.17) is 7.76 Å². The van der Waals surface area contributed by atoms with Crippen molar-refractivity contribution in [2.45, 2.75) is 234 Å². The minimum absolute atomic E-state index is 0.808. The quantitative estimate of drug-likeness (QED) is 0.0128. The van der Waals surface area contributed by atoms with Crippen molar-refractivity contribution in [3.8, 4) is 0 Å². The Hall–Kier alpha value is -2.51. The first-order valence-corrected chi connectivity index (χ1v) is 26.3. The van der Waals surface area contributed by atoms with Crippen LogP contribution in [0.1, 0.15) is 243 Å². The molecule has 0 atom stereocenters. The van der Waals surface area contributed by atoms with Gasteiger partial charge in [-0.25, -0.2) is 0 Å². The van der Waals surface area contributed by atoms with Crippen molar-refractivity contribution in [2.24, 2.45) is 0 Å². The summed E-state index contributed by atoms with van der Waals surface area (Å²) in [7, 11) is 0. The van der Waals surface area contributed by atoms with E-state index in [-0.39, 0.29) is 0 Å². The average Bonchev–Trinajstić information content (AvgIpc) is 3.28. The number of allylic oxidation sites excluding steroid dienone is 4. The van der Waals surface area contributed by atoms with Crippen molar-refractivity contribution in [3.05, 3.63) is 100 Å². The molecule has 348 valence electrons. The fourth-order valence-corrected chi connectivity index (χ4v) is 7.99. The molecule has 4 nitrogen and oxygen atoms in total. The molecule has 0 aliphatic heterocycles. The molecule has 0 saturated carbocycles. The Morgan fingerprint density at radius 1 is 0.557 bits per heavy atom. The second kappa shape index (κ2) is 44.1. The fourth-order valence-electron chi connectivity index (χ4n) is 7.46. The molecule has 0 radical (unpaired) electrons. The summed E-state index contributed by atoms with van der Waals surface area (Å²) in [6, 6.07) is 17.9. The second-order valence-electron chi connectivity index (χ2n) is 17.0. The SMILES string of the molecule is CCCCCCCCCCCCCCCCCCCCC=CCCc1ccccc1C(=CC(=C=[N+]=[N-])CCCC)c1cccc(CCCC)c1.CCCC[O][Ni][O]CCCC. The zero-order chi connectivity index (χ0) is 44.1. The van der Waals surface area contributed by atoms with E-state index in [9.17, 15) is 5.53 Å². The van der Waals surface area contributed by atoms with Crippen molar-refractivity contribution >= 4 is 11.4 Å². The average molecular weight is 884 g/mol. The van der Waals surface area contributed by atoms with E-state index in [1.165, 1.54) is 176 Å². The molecule has 61 heavy (non-hydrogen) atoms. The molecular formula is C56H92N2NiO2. The summed E-state index contributed by atoms with van der Waals surface area (Å²) in [6.07, 6.45) is 47.0. The van der Waals surface area contributed by atoms with Crippen LogP contribution in [0, 0.1) is 0 Å².